The summed E-state index contributed by atoms with van der Waals surface area (Å²) in [5, 5.41) is 0. The van der Waals surface area contributed by atoms with E-state index in [2.05, 4.69) is 4.98 Å². The van der Waals surface area contributed by atoms with E-state index in [0.717, 1.165) is 0 Å². The van der Waals surface area contributed by atoms with Crippen LogP contribution in [0.4, 0.5) is 0 Å². The number of ether oxygens (including phenoxy) is 2. The number of likely N-dealkylation sites (N-methyl/N-ethyl adjacent to an activating group) is 2. The van der Waals surface area contributed by atoms with E-state index in [0.29, 0.717) is 60.8 Å². The third-order valence-electron chi connectivity index (χ3n) is 6.65. The molecule has 0 atom stereocenters. The monoisotopic (exact) mass is 576 g/mol. The summed E-state index contributed by atoms with van der Waals surface area (Å²) in [7, 11) is 5.99. The molecule has 13 heteroatoms. The molecular formula is C27H40N6O6S. The molecule has 40 heavy (non-hydrogen) atoms. The molecule has 0 aliphatic heterocycles. The molecule has 2 aromatic heterocycles. The molecule has 0 radical (unpaired) electrons. The van der Waals surface area contributed by atoms with E-state index in [1.807, 2.05) is 32.8 Å². The minimum Gasteiger partial charge on any atom is -0.493 e. The van der Waals surface area contributed by atoms with Gasteiger partial charge in [0.25, 0.3) is 5.56 Å². The number of hydrogen-bond acceptors (Lipinski definition) is 8. The summed E-state index contributed by atoms with van der Waals surface area (Å²) in [6.45, 7) is 5.41. The van der Waals surface area contributed by atoms with Gasteiger partial charge in [-0.25, -0.2) is 18.2 Å². The van der Waals surface area contributed by atoms with Gasteiger partial charge < -0.3 is 18.9 Å². The first-order valence-corrected chi connectivity index (χ1v) is 14.6. The van der Waals surface area contributed by atoms with Gasteiger partial charge in [0, 0.05) is 46.3 Å². The van der Waals surface area contributed by atoms with Crippen LogP contribution in [-0.2, 0) is 30.2 Å². The highest BCUT2D eigenvalue weighted by atomic mass is 32.2. The fourth-order valence-corrected chi connectivity index (χ4v) is 5.74. The van der Waals surface area contributed by atoms with Crippen molar-refractivity contribution in [1.82, 2.24) is 27.9 Å². The molecule has 0 aliphatic rings. The first-order valence-electron chi connectivity index (χ1n) is 13.2. The van der Waals surface area contributed by atoms with E-state index < -0.39 is 15.6 Å². The minimum atomic E-state index is -3.91. The zero-order valence-corrected chi connectivity index (χ0v) is 25.4. The third kappa shape index (κ3) is 6.01. The summed E-state index contributed by atoms with van der Waals surface area (Å²) in [5.41, 5.74) is 0.181. The Morgan fingerprint density at radius 3 is 2.10 bits per heavy atom. The number of benzene rings is 1. The molecule has 0 fully saturated rings. The predicted octanol–water partition coefficient (Wildman–Crippen LogP) is 2.09. The average Bonchev–Trinajstić information content (AvgIpc) is 3.25. The van der Waals surface area contributed by atoms with Crippen molar-refractivity contribution in [2.75, 3.05) is 48.5 Å². The van der Waals surface area contributed by atoms with Crippen LogP contribution in [0.5, 0.6) is 11.5 Å². The molecule has 220 valence electrons. The van der Waals surface area contributed by atoms with Gasteiger partial charge in [0.05, 0.1) is 19.1 Å². The highest BCUT2D eigenvalue weighted by Gasteiger charge is 2.26. The molecule has 0 saturated carbocycles. The summed E-state index contributed by atoms with van der Waals surface area (Å²) >= 11 is 0. The number of fused-ring (bicyclic) bond motifs is 1. The van der Waals surface area contributed by atoms with E-state index in [9.17, 15) is 18.0 Å². The van der Waals surface area contributed by atoms with Gasteiger partial charge in [-0.15, -0.1) is 0 Å². The van der Waals surface area contributed by atoms with Gasteiger partial charge in [-0.1, -0.05) is 13.8 Å². The Labute approximate surface area is 235 Å². The number of methoxy groups -OCH3 is 2. The normalized spacial score (nSPS) is 12.3. The van der Waals surface area contributed by atoms with Crippen molar-refractivity contribution in [1.29, 1.82) is 0 Å². The summed E-state index contributed by atoms with van der Waals surface area (Å²) in [6, 6.07) is 3.03. The van der Waals surface area contributed by atoms with Crippen molar-refractivity contribution in [3.63, 3.8) is 0 Å². The molecule has 0 unspecified atom stereocenters. The molecule has 0 N–H and O–H groups in total. The maximum absolute atomic E-state index is 13.6. The van der Waals surface area contributed by atoms with Gasteiger partial charge in [-0.3, -0.25) is 13.9 Å². The van der Waals surface area contributed by atoms with Crippen molar-refractivity contribution in [2.24, 2.45) is 7.05 Å². The second-order valence-electron chi connectivity index (χ2n) is 9.80. The number of sulfonamides is 1. The van der Waals surface area contributed by atoms with Gasteiger partial charge in [0.2, 0.25) is 10.0 Å². The summed E-state index contributed by atoms with van der Waals surface area (Å²) in [6.07, 6.45) is 4.57. The first-order chi connectivity index (χ1) is 18.9. The van der Waals surface area contributed by atoms with E-state index in [4.69, 9.17) is 9.47 Å². The third-order valence-corrected chi connectivity index (χ3v) is 8.56. The lowest BCUT2D eigenvalue weighted by molar-refractivity contribution is 0.351. The Morgan fingerprint density at radius 1 is 0.925 bits per heavy atom. The molecular weight excluding hydrogens is 536 g/mol. The lowest BCUT2D eigenvalue weighted by Gasteiger charge is -2.21. The molecule has 1 aromatic carbocycles. The molecule has 2 heterocycles. The Kier molecular flexibility index (Phi) is 9.98. The van der Waals surface area contributed by atoms with Crippen LogP contribution in [0.3, 0.4) is 0 Å². The van der Waals surface area contributed by atoms with Crippen LogP contribution in [0.1, 0.15) is 38.1 Å². The summed E-state index contributed by atoms with van der Waals surface area (Å²) in [4.78, 5) is 32.9. The van der Waals surface area contributed by atoms with Gasteiger partial charge >= 0.3 is 5.69 Å². The fourth-order valence-electron chi connectivity index (χ4n) is 4.40. The maximum Gasteiger partial charge on any atom is 0.332 e. The number of imidazole rings is 1. The summed E-state index contributed by atoms with van der Waals surface area (Å²) in [5.74, 6) is 1.04. The Balaban J connectivity index is 2.23. The zero-order valence-electron chi connectivity index (χ0n) is 24.6. The van der Waals surface area contributed by atoms with Crippen LogP contribution >= 0.6 is 0 Å². The highest BCUT2D eigenvalue weighted by molar-refractivity contribution is 7.89. The van der Waals surface area contributed by atoms with Crippen LogP contribution in [-0.4, -0.2) is 84.8 Å². The standard InChI is InChI=1S/C27H40N6O6S/c1-9-13-32-25-24(26(34)33(14-10-2)27(32)35)31(6)23(28-25)12-11-19-17-20(38-7)21(39-8)18-22(19)40(36,37)30(5)16-15-29(3)4/h11-12,17-18H,9-10,13-16H2,1-8H3/b12-11+. The molecule has 3 rings (SSSR count). The highest BCUT2D eigenvalue weighted by Crippen LogP contribution is 2.35. The second-order valence-corrected chi connectivity index (χ2v) is 11.8. The molecule has 12 nitrogen and oxygen atoms in total. The minimum absolute atomic E-state index is 0.0367. The predicted molar refractivity (Wildman–Crippen MR) is 157 cm³/mol. The molecule has 0 saturated heterocycles. The molecule has 0 bridgehead atoms. The number of nitrogens with zero attached hydrogens (tertiary/aromatic N) is 6. The van der Waals surface area contributed by atoms with E-state index in [1.54, 1.807) is 29.8 Å². The van der Waals surface area contributed by atoms with Crippen molar-refractivity contribution < 1.29 is 17.9 Å². The molecule has 3 aromatic rings. The molecule has 0 aliphatic carbocycles. The molecule has 0 amide bonds. The molecule has 0 spiro atoms. The van der Waals surface area contributed by atoms with Gasteiger partial charge in [-0.2, -0.15) is 4.31 Å². The lowest BCUT2D eigenvalue weighted by atomic mass is 10.2. The van der Waals surface area contributed by atoms with E-state index >= 15 is 0 Å². The van der Waals surface area contributed by atoms with E-state index in [-0.39, 0.29) is 22.9 Å². The number of rotatable bonds is 13. The largest absolute Gasteiger partial charge is 0.493 e. The van der Waals surface area contributed by atoms with Crippen LogP contribution < -0.4 is 20.7 Å². The van der Waals surface area contributed by atoms with Crippen molar-refractivity contribution >= 4 is 33.3 Å². The van der Waals surface area contributed by atoms with Crippen molar-refractivity contribution in [3.8, 4) is 11.5 Å². The van der Waals surface area contributed by atoms with Gasteiger partial charge in [0.15, 0.2) is 22.7 Å². The Morgan fingerprint density at radius 2 is 1.52 bits per heavy atom. The van der Waals surface area contributed by atoms with E-state index in [1.165, 1.54) is 40.8 Å². The second kappa shape index (κ2) is 12.8. The van der Waals surface area contributed by atoms with Gasteiger partial charge in [0.1, 0.15) is 5.82 Å². The zero-order chi connectivity index (χ0) is 29.8. The lowest BCUT2D eigenvalue weighted by Crippen LogP contribution is -2.40. The Hall–Kier alpha value is -3.42. The maximum atomic E-state index is 13.6. The van der Waals surface area contributed by atoms with Crippen LogP contribution in [0.15, 0.2) is 26.6 Å². The van der Waals surface area contributed by atoms with Crippen molar-refractivity contribution in [2.45, 2.75) is 44.7 Å². The Bertz CT molecular complexity index is 1620. The van der Waals surface area contributed by atoms with Crippen LogP contribution in [0, 0.1) is 0 Å². The number of hydrogen-bond donors (Lipinski definition) is 0. The SMILES string of the molecule is CCCn1c(=O)c2c(nc(/C=C/c3cc(OC)c(OC)cc3S(=O)(=O)N(C)CCN(C)C)n2C)n(CCC)c1=O. The summed E-state index contributed by atoms with van der Waals surface area (Å²) < 4.78 is 43.8. The van der Waals surface area contributed by atoms with Crippen LogP contribution in [0.2, 0.25) is 0 Å². The fraction of sp³-hybridized carbons (Fsp3) is 0.519. The number of aromatic nitrogens is 4. The quantitative estimate of drug-likeness (QED) is 0.303. The smallest absolute Gasteiger partial charge is 0.332 e. The van der Waals surface area contributed by atoms with Crippen molar-refractivity contribution in [3.05, 3.63) is 44.4 Å². The first kappa shape index (κ1) is 31.1. The number of aryl methyl sites for hydroxylation is 2. The topological polar surface area (TPSA) is 121 Å². The average molecular weight is 577 g/mol. The van der Waals surface area contributed by atoms with Crippen LogP contribution in [0.25, 0.3) is 23.3 Å². The van der Waals surface area contributed by atoms with Gasteiger partial charge in [-0.05, 0) is 50.7 Å².